The lowest BCUT2D eigenvalue weighted by Gasteiger charge is -2.28. The molecule has 2 fully saturated rings. The van der Waals surface area contributed by atoms with Gasteiger partial charge in [-0.05, 0) is 51.0 Å². The molecule has 94 valence electrons. The SMILES string of the molecule is NC1CCCC(CNCC2CCCCO2)C1. The Bertz CT molecular complexity index is 192. The van der Waals surface area contributed by atoms with Crippen molar-refractivity contribution in [2.24, 2.45) is 11.7 Å². The largest absolute Gasteiger partial charge is 0.377 e. The van der Waals surface area contributed by atoms with E-state index < -0.39 is 0 Å². The first-order valence-corrected chi connectivity index (χ1v) is 6.92. The molecule has 3 nitrogen and oxygen atoms in total. The lowest BCUT2D eigenvalue weighted by molar-refractivity contribution is 0.0163. The fraction of sp³-hybridized carbons (Fsp3) is 1.00. The predicted molar refractivity (Wildman–Crippen MR) is 66.4 cm³/mol. The molecule has 2 rings (SSSR count). The van der Waals surface area contributed by atoms with Crippen molar-refractivity contribution < 1.29 is 4.74 Å². The first-order valence-electron chi connectivity index (χ1n) is 6.92. The van der Waals surface area contributed by atoms with Gasteiger partial charge >= 0.3 is 0 Å². The third kappa shape index (κ3) is 4.04. The molecule has 3 unspecified atom stereocenters. The van der Waals surface area contributed by atoms with Gasteiger partial charge in [0.25, 0.3) is 0 Å². The molecule has 0 aromatic heterocycles. The van der Waals surface area contributed by atoms with Crippen molar-refractivity contribution in [2.45, 2.75) is 57.1 Å². The van der Waals surface area contributed by atoms with Crippen molar-refractivity contribution in [3.8, 4) is 0 Å². The third-order valence-corrected chi connectivity index (χ3v) is 3.90. The van der Waals surface area contributed by atoms with E-state index in [2.05, 4.69) is 5.32 Å². The Kier molecular flexibility index (Phi) is 5.07. The molecule has 1 saturated heterocycles. The second kappa shape index (κ2) is 6.58. The fourth-order valence-corrected chi connectivity index (χ4v) is 2.93. The number of ether oxygens (including phenoxy) is 1. The van der Waals surface area contributed by atoms with Crippen LogP contribution in [0.2, 0.25) is 0 Å². The molecule has 0 aromatic rings. The molecule has 0 radical (unpaired) electrons. The second-order valence-electron chi connectivity index (χ2n) is 5.44. The van der Waals surface area contributed by atoms with Crippen LogP contribution in [0.3, 0.4) is 0 Å². The quantitative estimate of drug-likeness (QED) is 0.766. The van der Waals surface area contributed by atoms with Crippen LogP contribution in [0.5, 0.6) is 0 Å². The first kappa shape index (κ1) is 12.3. The molecule has 0 bridgehead atoms. The lowest BCUT2D eigenvalue weighted by Crippen LogP contribution is -2.37. The van der Waals surface area contributed by atoms with Crippen molar-refractivity contribution in [3.63, 3.8) is 0 Å². The van der Waals surface area contributed by atoms with Gasteiger partial charge < -0.3 is 15.8 Å². The van der Waals surface area contributed by atoms with E-state index in [-0.39, 0.29) is 0 Å². The van der Waals surface area contributed by atoms with Gasteiger partial charge in [-0.15, -0.1) is 0 Å². The topological polar surface area (TPSA) is 47.3 Å². The Labute approximate surface area is 99.1 Å². The van der Waals surface area contributed by atoms with Gasteiger partial charge in [0, 0.05) is 19.2 Å². The van der Waals surface area contributed by atoms with Gasteiger partial charge in [0.15, 0.2) is 0 Å². The van der Waals surface area contributed by atoms with Crippen LogP contribution in [-0.4, -0.2) is 31.8 Å². The van der Waals surface area contributed by atoms with E-state index in [9.17, 15) is 0 Å². The van der Waals surface area contributed by atoms with Gasteiger partial charge in [0.1, 0.15) is 0 Å². The Morgan fingerprint density at radius 1 is 1.06 bits per heavy atom. The number of nitrogens with one attached hydrogen (secondary N) is 1. The summed E-state index contributed by atoms with van der Waals surface area (Å²) >= 11 is 0. The molecule has 2 aliphatic rings. The summed E-state index contributed by atoms with van der Waals surface area (Å²) < 4.78 is 5.70. The van der Waals surface area contributed by atoms with E-state index in [0.29, 0.717) is 12.1 Å². The smallest absolute Gasteiger partial charge is 0.0699 e. The fourth-order valence-electron chi connectivity index (χ4n) is 2.93. The van der Waals surface area contributed by atoms with Crippen molar-refractivity contribution >= 4 is 0 Å². The third-order valence-electron chi connectivity index (χ3n) is 3.90. The van der Waals surface area contributed by atoms with Crippen LogP contribution in [0.25, 0.3) is 0 Å². The van der Waals surface area contributed by atoms with Crippen LogP contribution in [0.15, 0.2) is 0 Å². The molecule has 0 spiro atoms. The maximum absolute atomic E-state index is 5.99. The molecule has 3 N–H and O–H groups in total. The molecule has 0 aromatic carbocycles. The highest BCUT2D eigenvalue weighted by Crippen LogP contribution is 2.22. The highest BCUT2D eigenvalue weighted by Gasteiger charge is 2.19. The maximum Gasteiger partial charge on any atom is 0.0699 e. The normalized spacial score (nSPS) is 36.2. The van der Waals surface area contributed by atoms with Gasteiger partial charge in [-0.25, -0.2) is 0 Å². The molecular weight excluding hydrogens is 200 g/mol. The van der Waals surface area contributed by atoms with Crippen molar-refractivity contribution in [1.29, 1.82) is 0 Å². The molecule has 3 atom stereocenters. The summed E-state index contributed by atoms with van der Waals surface area (Å²) in [5, 5.41) is 3.56. The van der Waals surface area contributed by atoms with E-state index in [4.69, 9.17) is 10.5 Å². The van der Waals surface area contributed by atoms with Crippen LogP contribution in [0.4, 0.5) is 0 Å². The van der Waals surface area contributed by atoms with E-state index >= 15 is 0 Å². The maximum atomic E-state index is 5.99. The van der Waals surface area contributed by atoms with E-state index in [1.54, 1.807) is 0 Å². The van der Waals surface area contributed by atoms with E-state index in [0.717, 1.165) is 25.6 Å². The van der Waals surface area contributed by atoms with Crippen LogP contribution in [0.1, 0.15) is 44.9 Å². The minimum Gasteiger partial charge on any atom is -0.377 e. The number of hydrogen-bond donors (Lipinski definition) is 2. The molecule has 3 heteroatoms. The number of rotatable bonds is 4. The Hall–Kier alpha value is -0.120. The monoisotopic (exact) mass is 226 g/mol. The lowest BCUT2D eigenvalue weighted by atomic mass is 9.86. The highest BCUT2D eigenvalue weighted by atomic mass is 16.5. The van der Waals surface area contributed by atoms with Crippen LogP contribution < -0.4 is 11.1 Å². The molecule has 0 amide bonds. The zero-order valence-corrected chi connectivity index (χ0v) is 10.3. The Balaban J connectivity index is 1.56. The zero-order valence-electron chi connectivity index (χ0n) is 10.3. The van der Waals surface area contributed by atoms with Crippen molar-refractivity contribution in [2.75, 3.05) is 19.7 Å². The average molecular weight is 226 g/mol. The standard InChI is InChI=1S/C13H26N2O/c14-12-5-3-4-11(8-12)9-15-10-13-6-1-2-7-16-13/h11-13,15H,1-10,14H2. The first-order chi connectivity index (χ1) is 7.84. The van der Waals surface area contributed by atoms with Crippen molar-refractivity contribution in [3.05, 3.63) is 0 Å². The summed E-state index contributed by atoms with van der Waals surface area (Å²) in [6, 6.07) is 0.450. The van der Waals surface area contributed by atoms with Crippen LogP contribution >= 0.6 is 0 Å². The molecule has 1 heterocycles. The summed E-state index contributed by atoms with van der Waals surface area (Å²) in [4.78, 5) is 0. The van der Waals surface area contributed by atoms with E-state index in [1.165, 1.54) is 44.9 Å². The molecule has 1 aliphatic carbocycles. The van der Waals surface area contributed by atoms with Gasteiger partial charge in [-0.3, -0.25) is 0 Å². The Morgan fingerprint density at radius 3 is 2.75 bits per heavy atom. The average Bonchev–Trinajstić information content (AvgIpc) is 2.30. The van der Waals surface area contributed by atoms with Gasteiger partial charge in [-0.1, -0.05) is 6.42 Å². The number of nitrogens with two attached hydrogens (primary N) is 1. The Morgan fingerprint density at radius 2 is 2.00 bits per heavy atom. The van der Waals surface area contributed by atoms with Gasteiger partial charge in [-0.2, -0.15) is 0 Å². The van der Waals surface area contributed by atoms with Crippen molar-refractivity contribution in [1.82, 2.24) is 5.32 Å². The van der Waals surface area contributed by atoms with Crippen LogP contribution in [-0.2, 0) is 4.74 Å². The van der Waals surface area contributed by atoms with E-state index in [1.807, 2.05) is 0 Å². The summed E-state index contributed by atoms with van der Waals surface area (Å²) in [6.45, 7) is 3.12. The minimum atomic E-state index is 0.450. The summed E-state index contributed by atoms with van der Waals surface area (Å²) in [5.74, 6) is 0.798. The molecule has 1 saturated carbocycles. The molecule has 16 heavy (non-hydrogen) atoms. The molecule has 1 aliphatic heterocycles. The summed E-state index contributed by atoms with van der Waals surface area (Å²) in [5.41, 5.74) is 5.99. The number of hydrogen-bond acceptors (Lipinski definition) is 3. The van der Waals surface area contributed by atoms with Gasteiger partial charge in [0.2, 0.25) is 0 Å². The second-order valence-corrected chi connectivity index (χ2v) is 5.44. The summed E-state index contributed by atoms with van der Waals surface area (Å²) in [7, 11) is 0. The van der Waals surface area contributed by atoms with Gasteiger partial charge in [0.05, 0.1) is 6.10 Å². The highest BCUT2D eigenvalue weighted by molar-refractivity contribution is 4.77. The predicted octanol–water partition coefficient (Wildman–Crippen LogP) is 1.66. The van der Waals surface area contributed by atoms with Crippen LogP contribution in [0, 0.1) is 5.92 Å². The molecular formula is C13H26N2O. The zero-order chi connectivity index (χ0) is 11.2. The summed E-state index contributed by atoms with van der Waals surface area (Å²) in [6.07, 6.45) is 9.37. The minimum absolute atomic E-state index is 0.450.